The van der Waals surface area contributed by atoms with Crippen molar-refractivity contribution >= 4 is 22.6 Å². The summed E-state index contributed by atoms with van der Waals surface area (Å²) in [4.78, 5) is 19.7. The van der Waals surface area contributed by atoms with Crippen molar-refractivity contribution < 1.29 is 18.0 Å². The smallest absolute Gasteiger partial charge is 0.281 e. The number of anilines is 1. The van der Waals surface area contributed by atoms with Crippen molar-refractivity contribution in [2.45, 2.75) is 6.18 Å². The van der Waals surface area contributed by atoms with E-state index in [2.05, 4.69) is 20.8 Å². The fraction of sp³-hybridized carbons (Fsp3) is 0.0588. The lowest BCUT2D eigenvalue weighted by molar-refractivity contribution is -0.140. The van der Waals surface area contributed by atoms with Crippen LogP contribution in [-0.2, 0) is 6.18 Å². The van der Waals surface area contributed by atoms with Crippen molar-refractivity contribution in [1.29, 1.82) is 5.26 Å². The number of fused-ring (bicyclic) bond motifs is 1. The van der Waals surface area contributed by atoms with Crippen LogP contribution in [0.4, 0.5) is 19.0 Å². The molecule has 3 aromatic rings. The van der Waals surface area contributed by atoms with Gasteiger partial charge in [0.05, 0.1) is 17.1 Å². The highest BCUT2D eigenvalue weighted by Gasteiger charge is 2.32. The number of carbonyl (C=O) groups is 1. The molecular formula is C17H10F3N5O. The number of halogens is 3. The summed E-state index contributed by atoms with van der Waals surface area (Å²) < 4.78 is 38.2. The highest BCUT2D eigenvalue weighted by atomic mass is 19.4. The first-order chi connectivity index (χ1) is 12.4. The fourth-order valence-corrected chi connectivity index (χ4v) is 2.23. The first-order valence-electron chi connectivity index (χ1n) is 7.28. The number of rotatable bonds is 3. The van der Waals surface area contributed by atoms with Crippen molar-refractivity contribution in [3.63, 3.8) is 0 Å². The summed E-state index contributed by atoms with van der Waals surface area (Å²) in [5, 5.41) is 9.17. The molecule has 0 fully saturated rings. The van der Waals surface area contributed by atoms with E-state index in [-0.39, 0.29) is 16.9 Å². The summed E-state index contributed by atoms with van der Waals surface area (Å²) in [5.41, 5.74) is 4.60. The molecule has 0 saturated carbocycles. The van der Waals surface area contributed by atoms with Crippen molar-refractivity contribution in [2.75, 3.05) is 5.43 Å². The van der Waals surface area contributed by atoms with Crippen LogP contribution in [0.2, 0.25) is 0 Å². The van der Waals surface area contributed by atoms with Crippen molar-refractivity contribution in [3.05, 3.63) is 65.5 Å². The largest absolute Gasteiger partial charge is 0.433 e. The summed E-state index contributed by atoms with van der Waals surface area (Å²) in [5.74, 6) is -0.380. The summed E-state index contributed by atoms with van der Waals surface area (Å²) in [6, 6.07) is 11.4. The van der Waals surface area contributed by atoms with Gasteiger partial charge in [-0.2, -0.15) is 18.4 Å². The first-order valence-corrected chi connectivity index (χ1v) is 7.28. The van der Waals surface area contributed by atoms with E-state index in [1.165, 1.54) is 30.5 Å². The molecule has 6 nitrogen and oxygen atoms in total. The Labute approximate surface area is 145 Å². The third-order valence-electron chi connectivity index (χ3n) is 3.45. The number of hydrazine groups is 1. The number of hydrogen-bond acceptors (Lipinski definition) is 5. The molecule has 0 aliphatic heterocycles. The molecule has 3 rings (SSSR count). The first kappa shape index (κ1) is 17.2. The second kappa shape index (κ2) is 6.68. The number of alkyl halides is 3. The molecule has 0 bridgehead atoms. The maximum atomic E-state index is 12.7. The number of nitrogens with one attached hydrogen (secondary N) is 2. The minimum absolute atomic E-state index is 0.0815. The van der Waals surface area contributed by atoms with Crippen LogP contribution in [0.15, 0.2) is 48.7 Å². The molecule has 2 N–H and O–H groups in total. The SMILES string of the molecule is N#Cc1cccc(C(=O)NNc2nccc3nc(C(F)(F)F)ccc23)c1. The van der Waals surface area contributed by atoms with Gasteiger partial charge in [0.25, 0.3) is 5.91 Å². The topological polar surface area (TPSA) is 90.7 Å². The molecular weight excluding hydrogens is 347 g/mol. The van der Waals surface area contributed by atoms with Gasteiger partial charge in [-0.05, 0) is 36.4 Å². The van der Waals surface area contributed by atoms with Crippen LogP contribution >= 0.6 is 0 Å². The molecule has 1 amide bonds. The normalized spacial score (nSPS) is 11.0. The lowest BCUT2D eigenvalue weighted by Crippen LogP contribution is -2.30. The van der Waals surface area contributed by atoms with E-state index in [0.717, 1.165) is 6.07 Å². The zero-order valence-electron chi connectivity index (χ0n) is 13.0. The lowest BCUT2D eigenvalue weighted by atomic mass is 10.1. The van der Waals surface area contributed by atoms with Gasteiger partial charge in [0.2, 0.25) is 0 Å². The van der Waals surface area contributed by atoms with E-state index in [1.807, 2.05) is 6.07 Å². The van der Waals surface area contributed by atoms with Gasteiger partial charge in [0, 0.05) is 17.1 Å². The van der Waals surface area contributed by atoms with E-state index in [1.54, 1.807) is 12.1 Å². The Kier molecular flexibility index (Phi) is 4.41. The highest BCUT2D eigenvalue weighted by molar-refractivity contribution is 5.96. The van der Waals surface area contributed by atoms with Gasteiger partial charge in [0.15, 0.2) is 5.82 Å². The van der Waals surface area contributed by atoms with Gasteiger partial charge in [-0.15, -0.1) is 0 Å². The van der Waals surface area contributed by atoms with Crippen LogP contribution in [-0.4, -0.2) is 15.9 Å². The van der Waals surface area contributed by atoms with Gasteiger partial charge in [-0.3, -0.25) is 15.6 Å². The molecule has 2 heterocycles. The van der Waals surface area contributed by atoms with Crippen molar-refractivity contribution in [1.82, 2.24) is 15.4 Å². The van der Waals surface area contributed by atoms with Crippen LogP contribution < -0.4 is 10.9 Å². The maximum Gasteiger partial charge on any atom is 0.433 e. The Bertz CT molecular complexity index is 1030. The van der Waals surface area contributed by atoms with Crippen LogP contribution in [0.3, 0.4) is 0 Å². The number of aromatic nitrogens is 2. The Morgan fingerprint density at radius 2 is 1.96 bits per heavy atom. The van der Waals surface area contributed by atoms with Gasteiger partial charge < -0.3 is 0 Å². The minimum Gasteiger partial charge on any atom is -0.281 e. The molecule has 0 radical (unpaired) electrons. The molecule has 0 aliphatic carbocycles. The molecule has 0 saturated heterocycles. The number of benzene rings is 1. The number of hydrogen-bond donors (Lipinski definition) is 2. The van der Waals surface area contributed by atoms with Crippen LogP contribution in [0.5, 0.6) is 0 Å². The van der Waals surface area contributed by atoms with Crippen LogP contribution in [0, 0.1) is 11.3 Å². The maximum absolute atomic E-state index is 12.7. The summed E-state index contributed by atoms with van der Waals surface area (Å²) in [7, 11) is 0. The van der Waals surface area contributed by atoms with E-state index >= 15 is 0 Å². The molecule has 9 heteroatoms. The van der Waals surface area contributed by atoms with E-state index in [4.69, 9.17) is 5.26 Å². The third kappa shape index (κ3) is 3.54. The van der Waals surface area contributed by atoms with Gasteiger partial charge in [0.1, 0.15) is 5.69 Å². The number of amides is 1. The molecule has 0 atom stereocenters. The predicted octanol–water partition coefficient (Wildman–Crippen LogP) is 3.28. The summed E-state index contributed by atoms with van der Waals surface area (Å²) >= 11 is 0. The number of nitrogens with zero attached hydrogens (tertiary/aromatic N) is 3. The standard InChI is InChI=1S/C17H10F3N5O/c18-17(19,20)14-5-4-12-13(23-14)6-7-22-15(12)24-25-16(26)11-3-1-2-10(8-11)9-21/h1-8H,(H,22,24)(H,25,26). The summed E-state index contributed by atoms with van der Waals surface area (Å²) in [6.45, 7) is 0. The van der Waals surface area contributed by atoms with Gasteiger partial charge in [-0.1, -0.05) is 6.07 Å². The minimum atomic E-state index is -4.55. The van der Waals surface area contributed by atoms with Crippen molar-refractivity contribution in [3.8, 4) is 6.07 Å². The van der Waals surface area contributed by atoms with E-state index in [0.29, 0.717) is 10.9 Å². The van der Waals surface area contributed by atoms with Gasteiger partial charge in [-0.25, -0.2) is 9.97 Å². The van der Waals surface area contributed by atoms with E-state index < -0.39 is 17.8 Å². The Morgan fingerprint density at radius 3 is 2.69 bits per heavy atom. The van der Waals surface area contributed by atoms with E-state index in [9.17, 15) is 18.0 Å². The second-order valence-corrected chi connectivity index (χ2v) is 5.19. The van der Waals surface area contributed by atoms with Gasteiger partial charge >= 0.3 is 6.18 Å². The number of nitriles is 1. The molecule has 0 spiro atoms. The second-order valence-electron chi connectivity index (χ2n) is 5.19. The number of carbonyl (C=O) groups excluding carboxylic acids is 1. The Balaban J connectivity index is 1.83. The van der Waals surface area contributed by atoms with Crippen LogP contribution in [0.25, 0.3) is 10.9 Å². The average molecular weight is 357 g/mol. The fourth-order valence-electron chi connectivity index (χ4n) is 2.23. The zero-order valence-corrected chi connectivity index (χ0v) is 13.0. The zero-order chi connectivity index (χ0) is 18.7. The molecule has 0 aliphatic rings. The molecule has 26 heavy (non-hydrogen) atoms. The number of pyridine rings is 2. The Hall–Kier alpha value is -3.67. The molecule has 130 valence electrons. The predicted molar refractivity (Wildman–Crippen MR) is 86.8 cm³/mol. The Morgan fingerprint density at radius 1 is 1.15 bits per heavy atom. The van der Waals surface area contributed by atoms with Crippen LogP contribution in [0.1, 0.15) is 21.6 Å². The summed E-state index contributed by atoms with van der Waals surface area (Å²) in [6.07, 6.45) is -3.27. The quantitative estimate of drug-likeness (QED) is 0.702. The highest BCUT2D eigenvalue weighted by Crippen LogP contribution is 2.30. The monoisotopic (exact) mass is 357 g/mol. The third-order valence-corrected chi connectivity index (χ3v) is 3.45. The van der Waals surface area contributed by atoms with Crippen molar-refractivity contribution in [2.24, 2.45) is 0 Å². The molecule has 0 unspecified atom stereocenters. The molecule has 2 aromatic heterocycles. The average Bonchev–Trinajstić information content (AvgIpc) is 2.64. The molecule has 1 aromatic carbocycles. The lowest BCUT2D eigenvalue weighted by Gasteiger charge is -2.11.